The zero-order valence-corrected chi connectivity index (χ0v) is 27.7. The molecule has 2 amide bonds. The van der Waals surface area contributed by atoms with E-state index in [1.54, 1.807) is 0 Å². The predicted molar refractivity (Wildman–Crippen MR) is 175 cm³/mol. The van der Waals surface area contributed by atoms with Gasteiger partial charge in [-0.25, -0.2) is 0 Å². The average molecular weight is 600 g/mol. The van der Waals surface area contributed by atoms with E-state index in [1.165, 1.54) is 80.1 Å². The number of ether oxygens (including phenoxy) is 1. The normalized spacial score (nSPS) is 16.7. The van der Waals surface area contributed by atoms with Gasteiger partial charge in [-0.05, 0) is 64.0 Å². The van der Waals surface area contributed by atoms with Crippen molar-refractivity contribution in [1.29, 1.82) is 0 Å². The molecule has 40 heavy (non-hydrogen) atoms. The second-order valence-electron chi connectivity index (χ2n) is 9.88. The molecule has 7 heteroatoms. The lowest BCUT2D eigenvalue weighted by molar-refractivity contribution is -0.125. The summed E-state index contributed by atoms with van der Waals surface area (Å²) in [6, 6.07) is 0.299. The van der Waals surface area contributed by atoms with Crippen molar-refractivity contribution in [2.24, 2.45) is 5.92 Å². The molecule has 2 rings (SSSR count). The first kappa shape index (κ1) is 40.2. The van der Waals surface area contributed by atoms with E-state index in [9.17, 15) is 9.59 Å². The van der Waals surface area contributed by atoms with Gasteiger partial charge in [0, 0.05) is 12.6 Å². The maximum atomic E-state index is 11.6. The summed E-state index contributed by atoms with van der Waals surface area (Å²) in [6.07, 6.45) is 19.4. The van der Waals surface area contributed by atoms with Crippen LogP contribution < -0.4 is 10.6 Å². The summed E-state index contributed by atoms with van der Waals surface area (Å²) in [5, 5.41) is 6.37. The molecule has 0 aromatic heterocycles. The van der Waals surface area contributed by atoms with Crippen LogP contribution in [0, 0.1) is 5.92 Å². The molecule has 0 saturated heterocycles. The summed E-state index contributed by atoms with van der Waals surface area (Å²) in [5.41, 5.74) is 4.37. The van der Waals surface area contributed by atoms with Gasteiger partial charge in [-0.15, -0.1) is 0 Å². The molecule has 2 N–H and O–H groups in total. The van der Waals surface area contributed by atoms with E-state index in [0.29, 0.717) is 22.0 Å². The van der Waals surface area contributed by atoms with Gasteiger partial charge >= 0.3 is 0 Å². The molecule has 0 heterocycles. The number of halogens is 2. The summed E-state index contributed by atoms with van der Waals surface area (Å²) >= 11 is 11.5. The first-order chi connectivity index (χ1) is 19.2. The summed E-state index contributed by atoms with van der Waals surface area (Å²) in [7, 11) is 0. The number of allylic oxidation sites excluding steroid dienone is 7. The molecule has 0 spiro atoms. The van der Waals surface area contributed by atoms with Gasteiger partial charge in [-0.1, -0.05) is 119 Å². The third-order valence-electron chi connectivity index (χ3n) is 6.64. The molecule has 0 aromatic rings. The quantitative estimate of drug-likeness (QED) is 0.141. The second kappa shape index (κ2) is 27.2. The molecular weight excluding hydrogens is 543 g/mol. The van der Waals surface area contributed by atoms with E-state index in [0.717, 1.165) is 32.2 Å². The molecule has 0 aromatic carbocycles. The summed E-state index contributed by atoms with van der Waals surface area (Å²) < 4.78 is 5.10. The molecule has 2 aliphatic carbocycles. The van der Waals surface area contributed by atoms with Crippen LogP contribution in [0.3, 0.4) is 0 Å². The van der Waals surface area contributed by atoms with Crippen molar-refractivity contribution in [1.82, 2.24) is 10.6 Å². The highest BCUT2D eigenvalue weighted by atomic mass is 35.5. The van der Waals surface area contributed by atoms with Crippen LogP contribution in [0.25, 0.3) is 0 Å². The van der Waals surface area contributed by atoms with Crippen LogP contribution in [0.1, 0.15) is 113 Å². The van der Waals surface area contributed by atoms with E-state index in [4.69, 9.17) is 27.9 Å². The molecule has 2 aliphatic rings. The standard InChI is InChI=1S/C14H19Cl2NO2.C13H21NO.C4H10.C2H6/c1-2-12(15)13(16)8-9-19-10-14(18)17-11-6-4-3-5-7-11;1-10-5-4-6-13(7-11(10)2)12(3)8-14-9-15;1-3-4-2;1-2/h2,8-9,11H,1,3-7,10H2,(H,17,18);7,9,12H,4-6,8H2,1-3H3,(H,14,15);3-4H2,1-2H3;1-2H3/b9-8+,13-12-;;;. The smallest absolute Gasteiger partial charge is 0.258 e. The fourth-order valence-electron chi connectivity index (χ4n) is 3.90. The number of unbranched alkanes of at least 4 members (excludes halogenated alkanes) is 1. The summed E-state index contributed by atoms with van der Waals surface area (Å²) in [4.78, 5) is 21.8. The van der Waals surface area contributed by atoms with Crippen LogP contribution in [0.4, 0.5) is 0 Å². The van der Waals surface area contributed by atoms with Crippen molar-refractivity contribution in [2.45, 2.75) is 119 Å². The molecule has 0 radical (unpaired) electrons. The molecular formula is C33H56Cl2N2O3. The second-order valence-corrected chi connectivity index (χ2v) is 10.7. The zero-order valence-electron chi connectivity index (χ0n) is 26.2. The Morgan fingerprint density at radius 3 is 2.25 bits per heavy atom. The van der Waals surface area contributed by atoms with Gasteiger partial charge in [-0.3, -0.25) is 9.59 Å². The van der Waals surface area contributed by atoms with Crippen molar-refractivity contribution in [3.8, 4) is 0 Å². The SMILES string of the molecule is C=C/C(Cl)=C(Cl)\C=C\OCC(=O)NC1CCCCC1.CC.CC1=C(C)CCCC(C(C)CNC=O)=C1.CCCC. The highest BCUT2D eigenvalue weighted by molar-refractivity contribution is 6.41. The van der Waals surface area contributed by atoms with Crippen LogP contribution in [-0.4, -0.2) is 31.5 Å². The number of hydrogen-bond acceptors (Lipinski definition) is 3. The van der Waals surface area contributed by atoms with Crippen LogP contribution >= 0.6 is 23.2 Å². The van der Waals surface area contributed by atoms with Gasteiger partial charge in [-0.2, -0.15) is 0 Å². The lowest BCUT2D eigenvalue weighted by Gasteiger charge is -2.22. The fourth-order valence-corrected chi connectivity index (χ4v) is 4.09. The van der Waals surface area contributed by atoms with Gasteiger partial charge < -0.3 is 15.4 Å². The molecule has 230 valence electrons. The Morgan fingerprint density at radius 1 is 1.07 bits per heavy atom. The number of carbonyl (C=O) groups excluding carboxylic acids is 2. The minimum atomic E-state index is -0.105. The van der Waals surface area contributed by atoms with E-state index in [-0.39, 0.29) is 12.5 Å². The molecule has 1 fully saturated rings. The van der Waals surface area contributed by atoms with E-state index in [2.05, 4.69) is 57.9 Å². The van der Waals surface area contributed by atoms with Crippen molar-refractivity contribution in [2.75, 3.05) is 13.2 Å². The Kier molecular flexibility index (Phi) is 27.3. The molecule has 1 saturated carbocycles. The monoisotopic (exact) mass is 598 g/mol. The highest BCUT2D eigenvalue weighted by Gasteiger charge is 2.15. The Morgan fingerprint density at radius 2 is 1.70 bits per heavy atom. The molecule has 5 nitrogen and oxygen atoms in total. The van der Waals surface area contributed by atoms with Crippen LogP contribution in [0.5, 0.6) is 0 Å². The van der Waals surface area contributed by atoms with Crippen LogP contribution in [0.2, 0.25) is 0 Å². The maximum absolute atomic E-state index is 11.6. The van der Waals surface area contributed by atoms with E-state index >= 15 is 0 Å². The lowest BCUT2D eigenvalue weighted by atomic mass is 9.95. The molecule has 0 bridgehead atoms. The third kappa shape index (κ3) is 20.9. The van der Waals surface area contributed by atoms with Crippen molar-refractivity contribution >= 4 is 35.5 Å². The first-order valence-corrected chi connectivity index (χ1v) is 15.7. The topological polar surface area (TPSA) is 67.4 Å². The maximum Gasteiger partial charge on any atom is 0.258 e. The summed E-state index contributed by atoms with van der Waals surface area (Å²) in [6.45, 7) is 19.2. The van der Waals surface area contributed by atoms with Gasteiger partial charge in [0.15, 0.2) is 6.61 Å². The zero-order chi connectivity index (χ0) is 30.8. The number of rotatable bonds is 11. The lowest BCUT2D eigenvalue weighted by Crippen LogP contribution is -2.38. The van der Waals surface area contributed by atoms with E-state index < -0.39 is 0 Å². The Bertz CT molecular complexity index is 824. The Balaban J connectivity index is 0. The minimum absolute atomic E-state index is 0.0110. The highest BCUT2D eigenvalue weighted by Crippen LogP contribution is 2.26. The van der Waals surface area contributed by atoms with Crippen molar-refractivity contribution in [3.05, 3.63) is 57.9 Å². The van der Waals surface area contributed by atoms with E-state index in [1.807, 2.05) is 13.8 Å². The Labute approximate surface area is 255 Å². The van der Waals surface area contributed by atoms with Gasteiger partial charge in [0.1, 0.15) is 0 Å². The van der Waals surface area contributed by atoms with Crippen LogP contribution in [0.15, 0.2) is 57.9 Å². The Hall–Kier alpha value is -1.98. The first-order valence-electron chi connectivity index (χ1n) is 15.0. The average Bonchev–Trinajstić information content (AvgIpc) is 3.15. The number of amides is 2. The largest absolute Gasteiger partial charge is 0.491 e. The van der Waals surface area contributed by atoms with Gasteiger partial charge in [0.05, 0.1) is 16.3 Å². The minimum Gasteiger partial charge on any atom is -0.491 e. The fraction of sp³-hybridized carbons (Fsp3) is 0.636. The number of hydrogen-bond donors (Lipinski definition) is 2. The number of carbonyl (C=O) groups is 2. The molecule has 1 unspecified atom stereocenters. The number of nitrogens with one attached hydrogen (secondary N) is 2. The van der Waals surface area contributed by atoms with Crippen molar-refractivity contribution < 1.29 is 14.3 Å². The predicted octanol–water partition coefficient (Wildman–Crippen LogP) is 9.49. The van der Waals surface area contributed by atoms with Gasteiger partial charge in [0.25, 0.3) is 5.91 Å². The molecule has 0 aliphatic heterocycles. The van der Waals surface area contributed by atoms with Gasteiger partial charge in [0.2, 0.25) is 6.41 Å². The van der Waals surface area contributed by atoms with Crippen molar-refractivity contribution in [3.63, 3.8) is 0 Å². The van der Waals surface area contributed by atoms with Crippen LogP contribution in [-0.2, 0) is 14.3 Å². The summed E-state index contributed by atoms with van der Waals surface area (Å²) in [5.74, 6) is 0.350. The molecule has 1 atom stereocenters. The third-order valence-corrected chi connectivity index (χ3v) is 7.42.